The largest absolute Gasteiger partial charge is 0.411 e. The number of aromatic amines is 1. The molecule has 1 aromatic rings. The van der Waals surface area contributed by atoms with E-state index in [1.807, 2.05) is 0 Å². The molecule has 1 aromatic heterocycles. The maximum absolute atomic E-state index is 12.8. The van der Waals surface area contributed by atoms with Crippen LogP contribution in [0.4, 0.5) is 0 Å². The Morgan fingerprint density at radius 2 is 1.96 bits per heavy atom. The van der Waals surface area contributed by atoms with Crippen molar-refractivity contribution in [1.29, 1.82) is 0 Å². The Labute approximate surface area is 165 Å². The lowest BCUT2D eigenvalue weighted by Crippen LogP contribution is -2.49. The fourth-order valence-corrected chi connectivity index (χ4v) is 4.10. The molecule has 1 aliphatic rings. The Kier molecular flexibility index (Phi) is 6.39. The second-order valence-corrected chi connectivity index (χ2v) is 13.4. The smallest absolute Gasteiger partial charge is 0.330 e. The van der Waals surface area contributed by atoms with Crippen molar-refractivity contribution in [1.82, 2.24) is 14.6 Å². The lowest BCUT2D eigenvalue weighted by molar-refractivity contribution is -0.184. The molecule has 2 rings (SSSR count). The number of hydroxylamine groups is 2. The van der Waals surface area contributed by atoms with Crippen LogP contribution in [0.2, 0.25) is 18.1 Å². The highest BCUT2D eigenvalue weighted by Gasteiger charge is 2.48. The first-order valence-electron chi connectivity index (χ1n) is 9.25. The minimum atomic E-state index is -2.20. The molecule has 1 fully saturated rings. The molecule has 158 valence electrons. The number of ether oxygens (including phenoxy) is 1. The summed E-state index contributed by atoms with van der Waals surface area (Å²) in [5.41, 5.74) is -0.645. The highest BCUT2D eigenvalue weighted by atomic mass is 28.4. The van der Waals surface area contributed by atoms with Gasteiger partial charge < -0.3 is 9.16 Å². The predicted molar refractivity (Wildman–Crippen MR) is 106 cm³/mol. The number of nitrogens with one attached hydrogen (secondary N) is 1. The molecule has 1 unspecified atom stereocenters. The van der Waals surface area contributed by atoms with Crippen molar-refractivity contribution in [2.45, 2.75) is 70.7 Å². The molecule has 3 atom stereocenters. The average Bonchev–Trinajstić information content (AvgIpc) is 2.98. The van der Waals surface area contributed by atoms with Gasteiger partial charge in [-0.2, -0.15) is 0 Å². The van der Waals surface area contributed by atoms with E-state index < -0.39 is 38.0 Å². The van der Waals surface area contributed by atoms with E-state index in [2.05, 4.69) is 38.8 Å². The summed E-state index contributed by atoms with van der Waals surface area (Å²) in [5, 5.41) is 1.03. The fraction of sp³-hybridized carbons (Fsp3) is 0.722. The van der Waals surface area contributed by atoms with E-state index in [0.29, 0.717) is 12.0 Å². The summed E-state index contributed by atoms with van der Waals surface area (Å²) in [4.78, 5) is 44.0. The van der Waals surface area contributed by atoms with Gasteiger partial charge >= 0.3 is 5.69 Å². The minimum absolute atomic E-state index is 0.0583. The molecular weight excluding hydrogens is 382 g/mol. The quantitative estimate of drug-likeness (QED) is 0.580. The minimum Gasteiger partial charge on any atom is -0.411 e. The lowest BCUT2D eigenvalue weighted by atomic mass is 10.1. The van der Waals surface area contributed by atoms with Crippen molar-refractivity contribution >= 4 is 14.2 Å². The van der Waals surface area contributed by atoms with Gasteiger partial charge in [0.05, 0.1) is 13.2 Å². The number of rotatable bonds is 5. The van der Waals surface area contributed by atoms with Gasteiger partial charge in [-0.05, 0) is 25.1 Å². The molecule has 1 N–H and O–H groups in total. The van der Waals surface area contributed by atoms with Crippen molar-refractivity contribution in [3.05, 3.63) is 32.6 Å². The molecular formula is C18H31N3O6Si. The number of nitrogens with zero attached hydrogens (tertiary/aromatic N) is 2. The number of aromatic nitrogens is 2. The van der Waals surface area contributed by atoms with E-state index >= 15 is 0 Å². The third kappa shape index (κ3) is 4.45. The summed E-state index contributed by atoms with van der Waals surface area (Å²) >= 11 is 0. The second kappa shape index (κ2) is 7.94. The summed E-state index contributed by atoms with van der Waals surface area (Å²) in [6.07, 6.45) is -0.413. The van der Waals surface area contributed by atoms with Crippen molar-refractivity contribution in [3.8, 4) is 0 Å². The molecule has 1 amide bonds. The highest BCUT2D eigenvalue weighted by molar-refractivity contribution is 6.74. The average molecular weight is 414 g/mol. The van der Waals surface area contributed by atoms with Crippen LogP contribution in [0.1, 0.15) is 39.0 Å². The van der Waals surface area contributed by atoms with E-state index in [9.17, 15) is 14.4 Å². The van der Waals surface area contributed by atoms with Crippen molar-refractivity contribution in [2.24, 2.45) is 0 Å². The van der Waals surface area contributed by atoms with Crippen LogP contribution >= 0.6 is 0 Å². The number of likely N-dealkylation sites (N-methyl/N-ethyl adjacent to an activating group) is 1. The SMILES string of the molecule is CON(C)C(=O)[C@H]1O[C@@H](n2cc(C)c(=O)[nH]c2=O)CC1O[Si](C)(C)C(C)(C)C. The molecule has 0 aromatic carbocycles. The Balaban J connectivity index is 2.39. The molecule has 0 bridgehead atoms. The van der Waals surface area contributed by atoms with Crippen LogP contribution in [0.15, 0.2) is 15.8 Å². The third-order valence-electron chi connectivity index (χ3n) is 5.61. The summed E-state index contributed by atoms with van der Waals surface area (Å²) in [7, 11) is 0.688. The first kappa shape index (κ1) is 22.5. The summed E-state index contributed by atoms with van der Waals surface area (Å²) in [6, 6.07) is 0. The number of carbonyl (C=O) groups is 1. The Bertz CT molecular complexity index is 841. The van der Waals surface area contributed by atoms with Gasteiger partial charge in [-0.3, -0.25) is 24.0 Å². The number of H-pyrrole nitrogens is 1. The van der Waals surface area contributed by atoms with Crippen LogP contribution in [0.5, 0.6) is 0 Å². The van der Waals surface area contributed by atoms with Crippen molar-refractivity contribution in [3.63, 3.8) is 0 Å². The fourth-order valence-electron chi connectivity index (χ4n) is 2.77. The topological polar surface area (TPSA) is 103 Å². The van der Waals surface area contributed by atoms with Gasteiger partial charge in [0.15, 0.2) is 14.4 Å². The van der Waals surface area contributed by atoms with E-state index in [-0.39, 0.29) is 10.9 Å². The maximum atomic E-state index is 12.8. The summed E-state index contributed by atoms with van der Waals surface area (Å²) in [6.45, 7) is 12.1. The van der Waals surface area contributed by atoms with Crippen LogP contribution in [-0.4, -0.2) is 55.2 Å². The normalized spacial score (nSPS) is 23.1. The third-order valence-corrected chi connectivity index (χ3v) is 10.1. The molecule has 1 saturated heterocycles. The van der Waals surface area contributed by atoms with Gasteiger partial charge in [-0.25, -0.2) is 9.86 Å². The first-order valence-corrected chi connectivity index (χ1v) is 12.2. The Morgan fingerprint density at radius 1 is 1.36 bits per heavy atom. The van der Waals surface area contributed by atoms with Crippen LogP contribution in [0, 0.1) is 6.92 Å². The van der Waals surface area contributed by atoms with E-state index in [1.165, 1.54) is 24.9 Å². The molecule has 10 heteroatoms. The molecule has 28 heavy (non-hydrogen) atoms. The van der Waals surface area contributed by atoms with Gasteiger partial charge in [0, 0.05) is 25.2 Å². The molecule has 9 nitrogen and oxygen atoms in total. The Morgan fingerprint density at radius 3 is 2.50 bits per heavy atom. The standard InChI is InChI=1S/C18H31N3O6Si/c1-11-10-21(17(24)19-15(11)22)13-9-12(27-28(7,8)18(2,3)4)14(26-13)16(23)20(5)25-6/h10,12-14H,9H2,1-8H3,(H,19,22,24)/t12?,13-,14+/m1/s1. The number of carbonyl (C=O) groups excluding carboxylic acids is 1. The lowest BCUT2D eigenvalue weighted by Gasteiger charge is -2.39. The zero-order chi connectivity index (χ0) is 21.4. The van der Waals surface area contributed by atoms with Gasteiger partial charge in [-0.1, -0.05) is 20.8 Å². The zero-order valence-corrected chi connectivity index (χ0v) is 18.9. The predicted octanol–water partition coefficient (Wildman–Crippen LogP) is 1.54. The number of amides is 1. The van der Waals surface area contributed by atoms with Crippen LogP contribution < -0.4 is 11.2 Å². The monoisotopic (exact) mass is 413 g/mol. The van der Waals surface area contributed by atoms with Gasteiger partial charge in [-0.15, -0.1) is 0 Å². The molecule has 0 saturated carbocycles. The van der Waals surface area contributed by atoms with E-state index in [4.69, 9.17) is 14.0 Å². The number of hydrogen-bond acceptors (Lipinski definition) is 6. The maximum Gasteiger partial charge on any atom is 0.330 e. The first-order chi connectivity index (χ1) is 12.8. The highest BCUT2D eigenvalue weighted by Crippen LogP contribution is 2.41. The number of hydrogen-bond donors (Lipinski definition) is 1. The molecule has 1 aliphatic heterocycles. The van der Waals surface area contributed by atoms with Gasteiger partial charge in [0.2, 0.25) is 0 Å². The van der Waals surface area contributed by atoms with Crippen LogP contribution in [0.25, 0.3) is 0 Å². The molecule has 0 aliphatic carbocycles. The van der Waals surface area contributed by atoms with E-state index in [1.54, 1.807) is 6.92 Å². The van der Waals surface area contributed by atoms with Crippen LogP contribution in [0.3, 0.4) is 0 Å². The Hall–Kier alpha value is -1.75. The van der Waals surface area contributed by atoms with Gasteiger partial charge in [0.1, 0.15) is 6.23 Å². The molecule has 0 radical (unpaired) electrons. The zero-order valence-electron chi connectivity index (χ0n) is 17.9. The number of aryl methyl sites for hydroxylation is 1. The summed E-state index contributed by atoms with van der Waals surface area (Å²) in [5.74, 6) is -0.386. The summed E-state index contributed by atoms with van der Waals surface area (Å²) < 4.78 is 13.7. The second-order valence-electron chi connectivity index (χ2n) is 8.66. The molecule has 0 spiro atoms. The van der Waals surface area contributed by atoms with Crippen molar-refractivity contribution < 1.29 is 18.8 Å². The van der Waals surface area contributed by atoms with E-state index in [0.717, 1.165) is 5.06 Å². The van der Waals surface area contributed by atoms with Crippen LogP contribution in [-0.2, 0) is 18.8 Å². The molecule has 2 heterocycles. The van der Waals surface area contributed by atoms with Crippen molar-refractivity contribution in [2.75, 3.05) is 14.2 Å². The van der Waals surface area contributed by atoms with Gasteiger partial charge in [0.25, 0.3) is 11.5 Å².